The molecule has 0 radical (unpaired) electrons. The molecule has 1 saturated heterocycles. The first-order chi connectivity index (χ1) is 14.7. The monoisotopic (exact) mass is 419 g/mol. The lowest BCUT2D eigenvalue weighted by Crippen LogP contribution is -2.25. The smallest absolute Gasteiger partial charge is 0.239 e. The third kappa shape index (κ3) is 4.99. The molecule has 1 N–H and O–H groups in total. The van der Waals surface area contributed by atoms with Gasteiger partial charge in [0.1, 0.15) is 17.3 Å². The van der Waals surface area contributed by atoms with Gasteiger partial charge in [-0.25, -0.2) is 0 Å². The van der Waals surface area contributed by atoms with Crippen LogP contribution in [0.1, 0.15) is 18.2 Å². The van der Waals surface area contributed by atoms with E-state index in [0.717, 1.165) is 22.6 Å². The molecule has 1 amide bonds. The zero-order chi connectivity index (χ0) is 20.8. The van der Waals surface area contributed by atoms with Crippen molar-refractivity contribution in [2.75, 3.05) is 6.61 Å². The molecule has 0 aliphatic carbocycles. The number of ether oxygens (including phenoxy) is 1. The van der Waals surface area contributed by atoms with E-state index in [-0.39, 0.29) is 11.2 Å². The van der Waals surface area contributed by atoms with Crippen LogP contribution < -0.4 is 10.1 Å². The fraction of sp³-hybridized carbons (Fsp3) is 0.174. The van der Waals surface area contributed by atoms with Crippen molar-refractivity contribution in [1.82, 2.24) is 5.32 Å². The maximum atomic E-state index is 12.2. The zero-order valence-corrected chi connectivity index (χ0v) is 17.3. The molecule has 2 aromatic carbocycles. The van der Waals surface area contributed by atoms with E-state index in [1.54, 1.807) is 0 Å². The van der Waals surface area contributed by atoms with Gasteiger partial charge in [0.05, 0.1) is 18.1 Å². The van der Waals surface area contributed by atoms with Gasteiger partial charge in [-0.1, -0.05) is 54.2 Å². The fourth-order valence-electron chi connectivity index (χ4n) is 3.01. The molecule has 2 heterocycles. The molecular weight excluding hydrogens is 398 g/mol. The van der Waals surface area contributed by atoms with Crippen LogP contribution in [0.2, 0.25) is 0 Å². The van der Waals surface area contributed by atoms with Crippen LogP contribution >= 0.6 is 11.8 Å². The summed E-state index contributed by atoms with van der Waals surface area (Å²) in [5, 5.41) is 11.2. The molecule has 4 rings (SSSR count). The summed E-state index contributed by atoms with van der Waals surface area (Å²) in [7, 11) is 0. The van der Waals surface area contributed by atoms with E-state index in [9.17, 15) is 4.79 Å². The minimum absolute atomic E-state index is 0.0628. The van der Waals surface area contributed by atoms with E-state index in [2.05, 4.69) is 15.5 Å². The Kier molecular flexibility index (Phi) is 6.29. The molecule has 152 valence electrons. The van der Waals surface area contributed by atoms with Crippen molar-refractivity contribution >= 4 is 29.1 Å². The van der Waals surface area contributed by atoms with E-state index >= 15 is 0 Å². The van der Waals surface area contributed by atoms with Crippen LogP contribution in [0, 0.1) is 0 Å². The van der Waals surface area contributed by atoms with Crippen molar-refractivity contribution in [3.8, 4) is 17.1 Å². The van der Waals surface area contributed by atoms with E-state index in [4.69, 9.17) is 9.15 Å². The average Bonchev–Trinajstić information content (AvgIpc) is 3.37. The second kappa shape index (κ2) is 9.45. The van der Waals surface area contributed by atoms with E-state index < -0.39 is 0 Å². The van der Waals surface area contributed by atoms with Crippen molar-refractivity contribution in [3.05, 3.63) is 78.1 Å². The summed E-state index contributed by atoms with van der Waals surface area (Å²) in [4.78, 5) is 12.2. The molecule has 7 heteroatoms. The van der Waals surface area contributed by atoms with E-state index in [1.807, 2.05) is 73.7 Å². The average molecular weight is 420 g/mol. The number of rotatable bonds is 7. The quantitative estimate of drug-likeness (QED) is 0.452. The Morgan fingerprint density at radius 2 is 1.90 bits per heavy atom. The number of thioether (sulfide) groups is 1. The summed E-state index contributed by atoms with van der Waals surface area (Å²) in [5.41, 5.74) is 2.07. The van der Waals surface area contributed by atoms with Gasteiger partial charge in [-0.15, -0.1) is 5.10 Å². The minimum Gasteiger partial charge on any atom is -0.494 e. The van der Waals surface area contributed by atoms with Gasteiger partial charge in [0.15, 0.2) is 5.17 Å². The highest BCUT2D eigenvalue weighted by molar-refractivity contribution is 8.15. The molecule has 1 atom stereocenters. The number of nitrogens with one attached hydrogen (secondary N) is 1. The van der Waals surface area contributed by atoms with Gasteiger partial charge in [-0.3, -0.25) is 4.79 Å². The summed E-state index contributed by atoms with van der Waals surface area (Å²) < 4.78 is 11.2. The molecule has 1 fully saturated rings. The van der Waals surface area contributed by atoms with Gasteiger partial charge in [-0.2, -0.15) is 5.10 Å². The van der Waals surface area contributed by atoms with Gasteiger partial charge in [0.2, 0.25) is 5.91 Å². The number of hydrogen-bond donors (Lipinski definition) is 1. The molecule has 1 aliphatic rings. The normalized spacial score (nSPS) is 17.6. The first kappa shape index (κ1) is 20.0. The van der Waals surface area contributed by atoms with E-state index in [0.29, 0.717) is 24.0 Å². The second-order valence-corrected chi connectivity index (χ2v) is 7.79. The fourth-order valence-corrected chi connectivity index (χ4v) is 3.97. The maximum Gasteiger partial charge on any atom is 0.239 e. The van der Waals surface area contributed by atoms with Crippen LogP contribution in [0.15, 0.2) is 81.4 Å². The lowest BCUT2D eigenvalue weighted by molar-refractivity contribution is -0.118. The van der Waals surface area contributed by atoms with Crippen LogP contribution in [-0.2, 0) is 11.2 Å². The molecule has 6 nitrogen and oxygen atoms in total. The van der Waals surface area contributed by atoms with Crippen molar-refractivity contribution in [2.24, 2.45) is 10.2 Å². The van der Waals surface area contributed by atoms with Crippen molar-refractivity contribution < 1.29 is 13.9 Å². The van der Waals surface area contributed by atoms with Gasteiger partial charge in [0.25, 0.3) is 0 Å². The number of hydrogen-bond acceptors (Lipinski definition) is 6. The zero-order valence-electron chi connectivity index (χ0n) is 16.4. The molecule has 0 spiro atoms. The number of nitrogens with zero attached hydrogens (tertiary/aromatic N) is 2. The molecule has 1 aliphatic heterocycles. The van der Waals surface area contributed by atoms with Crippen molar-refractivity contribution in [2.45, 2.75) is 18.6 Å². The van der Waals surface area contributed by atoms with Gasteiger partial charge < -0.3 is 14.5 Å². The topological polar surface area (TPSA) is 76.2 Å². The second-order valence-electron chi connectivity index (χ2n) is 6.59. The molecule has 1 aromatic heterocycles. The third-order valence-corrected chi connectivity index (χ3v) is 5.52. The lowest BCUT2D eigenvalue weighted by atomic mass is 10.1. The number of amides is 1. The van der Waals surface area contributed by atoms with Crippen LogP contribution in [0.25, 0.3) is 11.3 Å². The Labute approximate surface area is 179 Å². The summed E-state index contributed by atoms with van der Waals surface area (Å²) in [6.07, 6.45) is 2.15. The molecular formula is C23H21N3O3S. The van der Waals surface area contributed by atoms with Gasteiger partial charge in [0, 0.05) is 5.56 Å². The van der Waals surface area contributed by atoms with Gasteiger partial charge in [-0.05, 0) is 43.2 Å². The molecule has 1 unspecified atom stereocenters. The van der Waals surface area contributed by atoms with Crippen molar-refractivity contribution in [3.63, 3.8) is 0 Å². The van der Waals surface area contributed by atoms with Gasteiger partial charge >= 0.3 is 0 Å². The molecule has 3 aromatic rings. The first-order valence-corrected chi connectivity index (χ1v) is 10.5. The highest BCUT2D eigenvalue weighted by atomic mass is 32.2. The molecule has 0 bridgehead atoms. The number of benzene rings is 2. The highest BCUT2D eigenvalue weighted by Crippen LogP contribution is 2.25. The van der Waals surface area contributed by atoms with Crippen LogP contribution in [0.3, 0.4) is 0 Å². The van der Waals surface area contributed by atoms with Crippen LogP contribution in [-0.4, -0.2) is 29.1 Å². The first-order valence-electron chi connectivity index (χ1n) is 9.67. The van der Waals surface area contributed by atoms with Crippen LogP contribution in [0.4, 0.5) is 0 Å². The number of carbonyl (C=O) groups excluding carboxylic acids is 1. The largest absolute Gasteiger partial charge is 0.494 e. The summed E-state index contributed by atoms with van der Waals surface area (Å²) >= 11 is 1.38. The summed E-state index contributed by atoms with van der Waals surface area (Å²) in [5.74, 6) is 2.13. The number of furan rings is 1. The lowest BCUT2D eigenvalue weighted by Gasteiger charge is -2.07. The maximum absolute atomic E-state index is 12.2. The molecule has 30 heavy (non-hydrogen) atoms. The highest BCUT2D eigenvalue weighted by Gasteiger charge is 2.30. The SMILES string of the molecule is CCOc1ccc(CC2S/C(=N/N=C/c3ccc(-c4ccccc4)o3)NC2=O)cc1. The standard InChI is InChI=1S/C23H21N3O3S/c1-2-28-18-10-8-16(9-11-18)14-21-22(27)25-23(30-21)26-24-15-19-12-13-20(29-19)17-6-4-3-5-7-17/h3-13,15,21H,2,14H2,1H3,(H,25,26,27)/b24-15+. The minimum atomic E-state index is -0.231. The number of carbonyl (C=O) groups is 1. The Hall–Kier alpha value is -3.32. The predicted molar refractivity (Wildman–Crippen MR) is 120 cm³/mol. The Balaban J connectivity index is 1.35. The van der Waals surface area contributed by atoms with Crippen molar-refractivity contribution in [1.29, 1.82) is 0 Å². The Morgan fingerprint density at radius 1 is 1.10 bits per heavy atom. The molecule has 0 saturated carbocycles. The summed E-state index contributed by atoms with van der Waals surface area (Å²) in [6.45, 7) is 2.58. The summed E-state index contributed by atoms with van der Waals surface area (Å²) in [6, 6.07) is 21.4. The van der Waals surface area contributed by atoms with E-state index in [1.165, 1.54) is 18.0 Å². The predicted octanol–water partition coefficient (Wildman–Crippen LogP) is 4.51. The Morgan fingerprint density at radius 3 is 2.67 bits per heavy atom. The Bertz CT molecular complexity index is 1060. The number of amidine groups is 1. The van der Waals surface area contributed by atoms with Crippen LogP contribution in [0.5, 0.6) is 5.75 Å². The third-order valence-electron chi connectivity index (χ3n) is 4.45.